The maximum absolute atomic E-state index is 4.64. The molecule has 0 aliphatic carbocycles. The van der Waals surface area contributed by atoms with Gasteiger partial charge in [0.1, 0.15) is 0 Å². The quantitative estimate of drug-likeness (QED) is 0.153. The first-order valence-corrected chi connectivity index (χ1v) is 13.7. The Kier molecular flexibility index (Phi) is 7.29. The van der Waals surface area contributed by atoms with E-state index in [0.717, 1.165) is 28.4 Å². The highest BCUT2D eigenvalue weighted by Gasteiger charge is 2.16. The molecule has 0 spiro atoms. The van der Waals surface area contributed by atoms with Gasteiger partial charge in [-0.1, -0.05) is 97.1 Å². The highest BCUT2D eigenvalue weighted by atomic mass is 14.9. The van der Waals surface area contributed by atoms with Crippen LogP contribution in [0.15, 0.2) is 132 Å². The highest BCUT2D eigenvalue weighted by Crippen LogP contribution is 2.43. The van der Waals surface area contributed by atoms with Crippen LogP contribution in [0.2, 0.25) is 0 Å². The van der Waals surface area contributed by atoms with Crippen molar-refractivity contribution in [1.29, 1.82) is 0 Å². The summed E-state index contributed by atoms with van der Waals surface area (Å²) in [4.78, 5) is 17.5. The summed E-state index contributed by atoms with van der Waals surface area (Å²) in [6, 6.07) is 36.7. The van der Waals surface area contributed by atoms with E-state index in [2.05, 4.69) is 124 Å². The second-order valence-corrected chi connectivity index (χ2v) is 10.1. The molecule has 0 N–H and O–H groups in total. The number of hydrogen-bond donors (Lipinski definition) is 0. The third-order valence-electron chi connectivity index (χ3n) is 7.33. The van der Waals surface area contributed by atoms with E-state index in [1.807, 2.05) is 32.2 Å². The molecule has 0 unspecified atom stereocenters. The van der Waals surface area contributed by atoms with Gasteiger partial charge < -0.3 is 0 Å². The number of aliphatic imine (C=N–C) groups is 2. The molecule has 198 valence electrons. The summed E-state index contributed by atoms with van der Waals surface area (Å²) in [6.07, 6.45) is 5.34. The average Bonchev–Trinajstić information content (AvgIpc) is 3.02. The molecule has 4 nitrogen and oxygen atoms in total. The van der Waals surface area contributed by atoms with Crippen LogP contribution in [-0.4, -0.2) is 22.4 Å². The van der Waals surface area contributed by atoms with E-state index in [9.17, 15) is 0 Å². The second-order valence-electron chi connectivity index (χ2n) is 10.1. The molecule has 5 aromatic carbocycles. The summed E-state index contributed by atoms with van der Waals surface area (Å²) < 4.78 is 0. The van der Waals surface area contributed by atoms with E-state index in [-0.39, 0.29) is 0 Å². The monoisotopic (exact) mass is 530 g/mol. The number of benzene rings is 5. The molecule has 0 saturated heterocycles. The lowest BCUT2D eigenvalue weighted by Gasteiger charge is -2.18. The van der Waals surface area contributed by atoms with Gasteiger partial charge in [-0.15, -0.1) is 0 Å². The fraction of sp³-hybridized carbons (Fsp3) is 0.0811. The van der Waals surface area contributed by atoms with Crippen molar-refractivity contribution in [3.05, 3.63) is 133 Å². The topological polar surface area (TPSA) is 50.5 Å². The van der Waals surface area contributed by atoms with E-state index >= 15 is 0 Å². The van der Waals surface area contributed by atoms with Crippen LogP contribution in [0.1, 0.15) is 18.2 Å². The Morgan fingerprint density at radius 2 is 1.22 bits per heavy atom. The third-order valence-corrected chi connectivity index (χ3v) is 7.33. The Hall–Kier alpha value is -5.22. The van der Waals surface area contributed by atoms with Gasteiger partial charge in [0, 0.05) is 29.4 Å². The molecule has 0 atom stereocenters. The van der Waals surface area contributed by atoms with Crippen LogP contribution in [0.25, 0.3) is 55.2 Å². The predicted octanol–water partition coefficient (Wildman–Crippen LogP) is 9.27. The first-order valence-electron chi connectivity index (χ1n) is 13.7. The van der Waals surface area contributed by atoms with Crippen molar-refractivity contribution >= 4 is 34.0 Å². The molecule has 0 bridgehead atoms. The zero-order chi connectivity index (χ0) is 28.2. The molecule has 0 aliphatic heterocycles. The van der Waals surface area contributed by atoms with Crippen LogP contribution >= 0.6 is 0 Å². The number of nitrogens with zero attached hydrogens (tertiary/aromatic N) is 4. The minimum atomic E-state index is 0.623. The number of hydrogen-bond acceptors (Lipinski definition) is 4. The van der Waals surface area contributed by atoms with E-state index in [1.165, 1.54) is 43.8 Å². The van der Waals surface area contributed by atoms with Crippen molar-refractivity contribution in [2.75, 3.05) is 0 Å². The van der Waals surface area contributed by atoms with Crippen molar-refractivity contribution < 1.29 is 0 Å². The lowest BCUT2D eigenvalue weighted by molar-refractivity contribution is 1.07. The first kappa shape index (κ1) is 26.0. The standard InChI is InChI=1S/C37H30N4/c1-25(20-22-38-3)40-24-27-12-14-28(15-13-27)35-31-8-4-6-10-33(31)36(34-11-7-5-9-32(34)35)29-16-18-30(19-17-29)37-39-23-21-26(2)41-37/h4-23H,3,24H2,1-2H3/b22-20-,40-25?. The highest BCUT2D eigenvalue weighted by molar-refractivity contribution is 6.21. The molecule has 0 aliphatic rings. The molecule has 0 fully saturated rings. The smallest absolute Gasteiger partial charge is 0.159 e. The average molecular weight is 531 g/mol. The lowest BCUT2D eigenvalue weighted by atomic mass is 9.85. The van der Waals surface area contributed by atoms with E-state index in [0.29, 0.717) is 6.54 Å². The zero-order valence-electron chi connectivity index (χ0n) is 23.3. The Balaban J connectivity index is 1.46. The largest absolute Gasteiger partial charge is 0.285 e. The number of rotatable bonds is 7. The van der Waals surface area contributed by atoms with E-state index < -0.39 is 0 Å². The van der Waals surface area contributed by atoms with Crippen molar-refractivity contribution in [1.82, 2.24) is 9.97 Å². The van der Waals surface area contributed by atoms with Crippen LogP contribution in [0.5, 0.6) is 0 Å². The first-order chi connectivity index (χ1) is 20.1. The second kappa shape index (κ2) is 11.5. The maximum Gasteiger partial charge on any atom is 0.159 e. The summed E-state index contributed by atoms with van der Waals surface area (Å²) >= 11 is 0. The zero-order valence-corrected chi connectivity index (χ0v) is 23.3. The van der Waals surface area contributed by atoms with Gasteiger partial charge >= 0.3 is 0 Å². The van der Waals surface area contributed by atoms with Gasteiger partial charge in [-0.2, -0.15) is 0 Å². The van der Waals surface area contributed by atoms with Crippen LogP contribution in [-0.2, 0) is 6.54 Å². The van der Waals surface area contributed by atoms with Gasteiger partial charge in [-0.05, 0) is 82.1 Å². The third kappa shape index (κ3) is 5.32. The van der Waals surface area contributed by atoms with Gasteiger partial charge in [0.05, 0.1) is 6.54 Å². The van der Waals surface area contributed by atoms with Gasteiger partial charge in [0.15, 0.2) is 5.82 Å². The molecule has 1 heterocycles. The summed E-state index contributed by atoms with van der Waals surface area (Å²) in [5.74, 6) is 0.746. The van der Waals surface area contributed by atoms with Crippen LogP contribution in [0, 0.1) is 6.92 Å². The Morgan fingerprint density at radius 1 is 0.707 bits per heavy atom. The van der Waals surface area contributed by atoms with Gasteiger partial charge in [-0.25, -0.2) is 9.97 Å². The molecular formula is C37H30N4. The fourth-order valence-electron chi connectivity index (χ4n) is 5.33. The Bertz CT molecular complexity index is 1870. The molecule has 6 aromatic rings. The molecule has 0 amide bonds. The molecule has 0 saturated carbocycles. The predicted molar refractivity (Wildman–Crippen MR) is 174 cm³/mol. The number of aromatic nitrogens is 2. The summed E-state index contributed by atoms with van der Waals surface area (Å²) in [6.45, 7) is 8.06. The van der Waals surface area contributed by atoms with E-state index in [4.69, 9.17) is 0 Å². The molecule has 41 heavy (non-hydrogen) atoms. The summed E-state index contributed by atoms with van der Waals surface area (Å²) in [5, 5.41) is 4.92. The minimum Gasteiger partial charge on any atom is -0.285 e. The minimum absolute atomic E-state index is 0.623. The summed E-state index contributed by atoms with van der Waals surface area (Å²) in [7, 11) is 0. The number of allylic oxidation sites excluding steroid dienone is 1. The van der Waals surface area contributed by atoms with Crippen molar-refractivity contribution in [2.24, 2.45) is 9.98 Å². The SMILES string of the molecule is C=N/C=C\C(C)=NCc1ccc(-c2c3ccccc3c(-c3ccc(-c4nccc(C)n4)cc3)c3ccccc23)cc1. The normalized spacial score (nSPS) is 11.9. The fourth-order valence-corrected chi connectivity index (χ4v) is 5.33. The van der Waals surface area contributed by atoms with Gasteiger partial charge in [0.25, 0.3) is 0 Å². The van der Waals surface area contributed by atoms with Crippen molar-refractivity contribution in [3.8, 4) is 33.6 Å². The van der Waals surface area contributed by atoms with Gasteiger partial charge in [-0.3, -0.25) is 9.98 Å². The van der Waals surface area contributed by atoms with Crippen LogP contribution in [0.3, 0.4) is 0 Å². The Labute approximate surface area is 240 Å². The number of fused-ring (bicyclic) bond motifs is 2. The van der Waals surface area contributed by atoms with Crippen molar-refractivity contribution in [3.63, 3.8) is 0 Å². The van der Waals surface area contributed by atoms with Crippen LogP contribution < -0.4 is 0 Å². The molecular weight excluding hydrogens is 500 g/mol. The number of aryl methyl sites for hydroxylation is 1. The Morgan fingerprint density at radius 3 is 1.73 bits per heavy atom. The summed E-state index contributed by atoms with van der Waals surface area (Å²) in [5.41, 5.74) is 8.90. The van der Waals surface area contributed by atoms with E-state index in [1.54, 1.807) is 6.20 Å². The lowest BCUT2D eigenvalue weighted by Crippen LogP contribution is -1.93. The molecule has 6 rings (SSSR count). The molecule has 1 aromatic heterocycles. The van der Waals surface area contributed by atoms with Crippen LogP contribution in [0.4, 0.5) is 0 Å². The maximum atomic E-state index is 4.64. The van der Waals surface area contributed by atoms with Gasteiger partial charge in [0.2, 0.25) is 0 Å². The molecule has 4 heteroatoms. The molecule has 0 radical (unpaired) electrons. The van der Waals surface area contributed by atoms with Crippen molar-refractivity contribution in [2.45, 2.75) is 20.4 Å².